The highest BCUT2D eigenvalue weighted by Gasteiger charge is 2.39. The first-order valence-corrected chi connectivity index (χ1v) is 11.3. The number of carbonyl (C=O) groups excluding carboxylic acids is 4. The van der Waals surface area contributed by atoms with E-state index in [1.54, 1.807) is 48.5 Å². The summed E-state index contributed by atoms with van der Waals surface area (Å²) in [4.78, 5) is 58.5. The Morgan fingerprint density at radius 2 is 0.842 bits per heavy atom. The van der Waals surface area contributed by atoms with Gasteiger partial charge >= 0.3 is 23.9 Å². The van der Waals surface area contributed by atoms with Gasteiger partial charge in [-0.2, -0.15) is 0 Å². The maximum absolute atomic E-state index is 12.0. The van der Waals surface area contributed by atoms with Gasteiger partial charge in [0.1, 0.15) is 0 Å². The normalized spacial score (nSPS) is 17.8. The minimum absolute atomic E-state index is 0.260. The van der Waals surface area contributed by atoms with Gasteiger partial charge in [0.15, 0.2) is 22.6 Å². The van der Waals surface area contributed by atoms with E-state index in [1.807, 2.05) is 0 Å². The lowest BCUT2D eigenvalue weighted by Gasteiger charge is -2.29. The molecule has 0 bridgehead atoms. The van der Waals surface area contributed by atoms with Crippen LogP contribution in [0, 0.1) is 0 Å². The first-order valence-electron chi connectivity index (χ1n) is 11.3. The molecule has 2 aliphatic rings. The number of carbonyl (C=O) groups is 4. The van der Waals surface area contributed by atoms with Gasteiger partial charge in [-0.25, -0.2) is 19.2 Å². The average Bonchev–Trinajstić information content (AvgIpc) is 2.82. The molecule has 2 N–H and O–H groups in total. The Morgan fingerprint density at radius 3 is 1.13 bits per heavy atom. The Kier molecular flexibility index (Phi) is 6.98. The van der Waals surface area contributed by atoms with Crippen LogP contribution in [0.4, 0.5) is 11.4 Å². The SMILES string of the molecule is CC1(C)OC(=O)C(=CNc2ccc(OOc3ccc(NC=C4C(=O)OC(C)(C)OC4=O)cc3)cc2)C(=O)O1. The number of hydrogen-bond donors (Lipinski definition) is 2. The predicted octanol–water partition coefficient (Wildman–Crippen LogP) is 3.32. The Morgan fingerprint density at radius 1 is 0.553 bits per heavy atom. The van der Waals surface area contributed by atoms with E-state index in [2.05, 4.69) is 10.6 Å². The van der Waals surface area contributed by atoms with Crippen molar-refractivity contribution < 1.29 is 47.9 Å². The second-order valence-corrected chi connectivity index (χ2v) is 8.98. The third-order valence-electron chi connectivity index (χ3n) is 4.94. The summed E-state index contributed by atoms with van der Waals surface area (Å²) < 4.78 is 20.1. The summed E-state index contributed by atoms with van der Waals surface area (Å²) in [5, 5.41) is 5.65. The molecule has 12 nitrogen and oxygen atoms in total. The number of benzene rings is 2. The van der Waals surface area contributed by atoms with Crippen LogP contribution in [0.25, 0.3) is 0 Å². The lowest BCUT2D eigenvalue weighted by atomic mass is 10.2. The van der Waals surface area contributed by atoms with E-state index in [1.165, 1.54) is 40.1 Å². The van der Waals surface area contributed by atoms with E-state index in [-0.39, 0.29) is 11.1 Å². The van der Waals surface area contributed by atoms with Crippen LogP contribution in [0.1, 0.15) is 27.7 Å². The summed E-state index contributed by atoms with van der Waals surface area (Å²) >= 11 is 0. The number of ether oxygens (including phenoxy) is 4. The van der Waals surface area contributed by atoms with E-state index in [0.29, 0.717) is 22.9 Å². The molecule has 0 atom stereocenters. The molecule has 0 aliphatic carbocycles. The van der Waals surface area contributed by atoms with Crippen molar-refractivity contribution in [3.05, 3.63) is 72.1 Å². The molecule has 38 heavy (non-hydrogen) atoms. The van der Waals surface area contributed by atoms with Gasteiger partial charge in [-0.05, 0) is 48.5 Å². The summed E-state index contributed by atoms with van der Waals surface area (Å²) in [5.74, 6) is -4.99. The summed E-state index contributed by atoms with van der Waals surface area (Å²) in [5.41, 5.74) is 0.609. The van der Waals surface area contributed by atoms with Gasteiger partial charge in [0.2, 0.25) is 0 Å². The van der Waals surface area contributed by atoms with Crippen molar-refractivity contribution in [2.24, 2.45) is 0 Å². The van der Waals surface area contributed by atoms with Crippen molar-refractivity contribution in [3.63, 3.8) is 0 Å². The third kappa shape index (κ3) is 6.40. The van der Waals surface area contributed by atoms with E-state index in [0.717, 1.165) is 0 Å². The standard InChI is InChI=1S/C26H24N2O10/c1-25(2)33-21(29)19(22(30)34-25)13-27-15-5-9-17(10-6-15)37-38-18-11-7-16(8-12-18)28-14-20-23(31)35-26(3,4)36-24(20)32/h5-14,27-28H,1-4H3. The molecule has 0 aromatic heterocycles. The lowest BCUT2D eigenvalue weighted by molar-refractivity contribution is -0.224. The Bertz CT molecular complexity index is 1180. The molecule has 2 aromatic carbocycles. The van der Waals surface area contributed by atoms with Crippen LogP contribution in [-0.2, 0) is 38.1 Å². The van der Waals surface area contributed by atoms with Gasteiger partial charge in [-0.1, -0.05) is 0 Å². The molecule has 2 aliphatic heterocycles. The lowest BCUT2D eigenvalue weighted by Crippen LogP contribution is -2.42. The number of rotatable bonds is 7. The number of anilines is 2. The Balaban J connectivity index is 1.28. The fourth-order valence-electron chi connectivity index (χ4n) is 3.18. The van der Waals surface area contributed by atoms with E-state index < -0.39 is 35.5 Å². The number of nitrogens with one attached hydrogen (secondary N) is 2. The van der Waals surface area contributed by atoms with E-state index >= 15 is 0 Å². The Hall–Kier alpha value is -5.00. The smallest absolute Gasteiger partial charge is 0.350 e. The molecule has 0 spiro atoms. The number of esters is 4. The predicted molar refractivity (Wildman–Crippen MR) is 130 cm³/mol. The topological polar surface area (TPSA) is 148 Å². The second-order valence-electron chi connectivity index (χ2n) is 8.98. The van der Waals surface area contributed by atoms with Crippen LogP contribution >= 0.6 is 0 Å². The quantitative estimate of drug-likeness (QED) is 0.180. The third-order valence-corrected chi connectivity index (χ3v) is 4.94. The van der Waals surface area contributed by atoms with Crippen molar-refractivity contribution in [1.82, 2.24) is 0 Å². The van der Waals surface area contributed by atoms with Crippen molar-refractivity contribution >= 4 is 35.3 Å². The van der Waals surface area contributed by atoms with Gasteiger partial charge in [-0.15, -0.1) is 0 Å². The molecular weight excluding hydrogens is 500 g/mol. The van der Waals surface area contributed by atoms with Gasteiger partial charge in [0.05, 0.1) is 0 Å². The molecule has 12 heteroatoms. The van der Waals surface area contributed by atoms with Gasteiger partial charge in [-0.3, -0.25) is 9.78 Å². The average molecular weight is 524 g/mol. The summed E-state index contributed by atoms with van der Waals surface area (Å²) in [6, 6.07) is 13.0. The molecule has 0 unspecified atom stereocenters. The van der Waals surface area contributed by atoms with E-state index in [4.69, 9.17) is 28.7 Å². The molecule has 198 valence electrons. The van der Waals surface area contributed by atoms with Crippen LogP contribution in [0.3, 0.4) is 0 Å². The fourth-order valence-corrected chi connectivity index (χ4v) is 3.18. The first-order chi connectivity index (χ1) is 17.9. The van der Waals surface area contributed by atoms with Gasteiger partial charge < -0.3 is 29.6 Å². The summed E-state index contributed by atoms with van der Waals surface area (Å²) in [6.45, 7) is 5.86. The second kappa shape index (κ2) is 10.2. The zero-order valence-corrected chi connectivity index (χ0v) is 20.9. The van der Waals surface area contributed by atoms with Gasteiger partial charge in [0.25, 0.3) is 11.6 Å². The minimum atomic E-state index is -1.31. The molecule has 0 saturated carbocycles. The van der Waals surface area contributed by atoms with E-state index in [9.17, 15) is 19.2 Å². The molecule has 2 fully saturated rings. The first kappa shape index (κ1) is 26.1. The van der Waals surface area contributed by atoms with Crippen molar-refractivity contribution in [1.29, 1.82) is 0 Å². The molecule has 0 radical (unpaired) electrons. The van der Waals surface area contributed by atoms with Crippen LogP contribution in [-0.4, -0.2) is 35.5 Å². The van der Waals surface area contributed by atoms with Crippen LogP contribution in [0.15, 0.2) is 72.1 Å². The molecule has 2 heterocycles. The van der Waals surface area contributed by atoms with Crippen LogP contribution < -0.4 is 20.4 Å². The van der Waals surface area contributed by atoms with Crippen molar-refractivity contribution in [2.75, 3.05) is 10.6 Å². The zero-order valence-electron chi connectivity index (χ0n) is 20.9. The monoisotopic (exact) mass is 524 g/mol. The van der Waals surface area contributed by atoms with Crippen LogP contribution in [0.5, 0.6) is 11.5 Å². The maximum atomic E-state index is 12.0. The molecule has 4 rings (SSSR count). The molecular formula is C26H24N2O10. The number of hydrogen-bond acceptors (Lipinski definition) is 12. The maximum Gasteiger partial charge on any atom is 0.350 e. The minimum Gasteiger partial charge on any atom is -0.419 e. The largest absolute Gasteiger partial charge is 0.419 e. The van der Waals surface area contributed by atoms with Crippen molar-refractivity contribution in [3.8, 4) is 11.5 Å². The zero-order chi connectivity index (χ0) is 27.5. The highest BCUT2D eigenvalue weighted by molar-refractivity contribution is 6.16. The molecule has 2 aromatic rings. The summed E-state index contributed by atoms with van der Waals surface area (Å²) in [7, 11) is 0. The summed E-state index contributed by atoms with van der Waals surface area (Å²) in [6.07, 6.45) is 2.41. The Labute approximate surface area is 217 Å². The highest BCUT2D eigenvalue weighted by Crippen LogP contribution is 2.25. The van der Waals surface area contributed by atoms with Crippen LogP contribution in [0.2, 0.25) is 0 Å². The number of cyclic esters (lactones) is 4. The molecule has 2 saturated heterocycles. The molecule has 0 amide bonds. The van der Waals surface area contributed by atoms with Gasteiger partial charge in [0, 0.05) is 51.5 Å². The fraction of sp³-hybridized carbons (Fsp3) is 0.231. The highest BCUT2D eigenvalue weighted by atomic mass is 17.2. The van der Waals surface area contributed by atoms with Crippen molar-refractivity contribution in [2.45, 2.75) is 39.3 Å².